The van der Waals surface area contributed by atoms with Crippen LogP contribution in [0.5, 0.6) is 0 Å². The number of thiophene rings is 1. The molecule has 30 heavy (non-hydrogen) atoms. The van der Waals surface area contributed by atoms with Crippen molar-refractivity contribution in [2.24, 2.45) is 10.7 Å². The molecule has 2 aromatic carbocycles. The standard InChI is InChI=1S/C23H24FN5S/c1-15(18-7-5-6-8-20(18)28(3)29(4)23(26)27-2)21-11-12-22(30-21)16-9-10-19(24)17(13-16)14-25/h5-13,15H,1-4H3,(H2,26,27). The van der Waals surface area contributed by atoms with Crippen LogP contribution in [0.4, 0.5) is 10.1 Å². The Hall–Kier alpha value is -3.37. The molecule has 1 atom stereocenters. The number of aliphatic imine (C=N–C) groups is 1. The van der Waals surface area contributed by atoms with Crippen LogP contribution in [0.15, 0.2) is 59.6 Å². The van der Waals surface area contributed by atoms with E-state index in [4.69, 9.17) is 11.0 Å². The summed E-state index contributed by atoms with van der Waals surface area (Å²) in [6, 6.07) is 18.8. The predicted octanol–water partition coefficient (Wildman–Crippen LogP) is 4.81. The Kier molecular flexibility index (Phi) is 6.38. The maximum atomic E-state index is 13.7. The molecule has 0 radical (unpaired) electrons. The Morgan fingerprint density at radius 2 is 1.90 bits per heavy atom. The lowest BCUT2D eigenvalue weighted by molar-refractivity contribution is 0.483. The van der Waals surface area contributed by atoms with E-state index in [9.17, 15) is 4.39 Å². The minimum Gasteiger partial charge on any atom is -0.368 e. The molecule has 0 saturated carbocycles. The first-order valence-corrected chi connectivity index (χ1v) is 10.3. The number of nitriles is 1. The van der Waals surface area contributed by atoms with E-state index >= 15 is 0 Å². The molecule has 1 unspecified atom stereocenters. The molecule has 1 aromatic heterocycles. The maximum absolute atomic E-state index is 13.7. The molecule has 0 aliphatic heterocycles. The summed E-state index contributed by atoms with van der Waals surface area (Å²) in [5, 5.41) is 12.9. The Balaban J connectivity index is 1.94. The SMILES string of the molecule is CN=C(N)N(C)N(C)c1ccccc1C(C)c1ccc(-c2ccc(F)c(C#N)c2)s1. The minimum atomic E-state index is -0.498. The van der Waals surface area contributed by atoms with Gasteiger partial charge in [-0.05, 0) is 41.5 Å². The molecular weight excluding hydrogens is 397 g/mol. The van der Waals surface area contributed by atoms with Gasteiger partial charge in [0.2, 0.25) is 5.96 Å². The fraction of sp³-hybridized carbons (Fsp3) is 0.217. The van der Waals surface area contributed by atoms with Crippen molar-refractivity contribution in [2.45, 2.75) is 12.8 Å². The summed E-state index contributed by atoms with van der Waals surface area (Å²) in [5.41, 5.74) is 9.06. The highest BCUT2D eigenvalue weighted by Crippen LogP contribution is 2.38. The molecule has 0 bridgehead atoms. The molecule has 3 rings (SSSR count). The highest BCUT2D eigenvalue weighted by Gasteiger charge is 2.19. The summed E-state index contributed by atoms with van der Waals surface area (Å²) in [6.45, 7) is 2.16. The second kappa shape index (κ2) is 8.97. The normalized spacial score (nSPS) is 12.3. The van der Waals surface area contributed by atoms with Gasteiger partial charge in [-0.2, -0.15) is 5.26 Å². The number of hydrazine groups is 1. The van der Waals surface area contributed by atoms with E-state index in [-0.39, 0.29) is 11.5 Å². The van der Waals surface area contributed by atoms with Gasteiger partial charge in [0, 0.05) is 36.8 Å². The average Bonchev–Trinajstić information content (AvgIpc) is 3.27. The first kappa shape index (κ1) is 21.3. The molecule has 0 aliphatic rings. The predicted molar refractivity (Wildman–Crippen MR) is 122 cm³/mol. The molecule has 0 amide bonds. The number of guanidine groups is 1. The number of para-hydroxylation sites is 1. The molecule has 2 N–H and O–H groups in total. The van der Waals surface area contributed by atoms with Crippen LogP contribution >= 0.6 is 11.3 Å². The molecule has 0 fully saturated rings. The fourth-order valence-corrected chi connectivity index (χ4v) is 4.34. The van der Waals surface area contributed by atoms with Gasteiger partial charge in [0.1, 0.15) is 11.9 Å². The van der Waals surface area contributed by atoms with Crippen molar-refractivity contribution >= 4 is 23.0 Å². The van der Waals surface area contributed by atoms with Crippen molar-refractivity contribution in [1.29, 1.82) is 5.26 Å². The average molecular weight is 422 g/mol. The van der Waals surface area contributed by atoms with E-state index in [1.807, 2.05) is 43.4 Å². The number of anilines is 1. The van der Waals surface area contributed by atoms with E-state index in [1.165, 1.54) is 10.9 Å². The smallest absolute Gasteiger partial charge is 0.209 e. The Morgan fingerprint density at radius 3 is 2.60 bits per heavy atom. The number of rotatable bonds is 5. The van der Waals surface area contributed by atoms with Gasteiger partial charge in [0.25, 0.3) is 0 Å². The maximum Gasteiger partial charge on any atom is 0.209 e. The minimum absolute atomic E-state index is 0.0562. The third-order valence-corrected chi connectivity index (χ3v) is 6.50. The second-order valence-corrected chi connectivity index (χ2v) is 8.03. The lowest BCUT2D eigenvalue weighted by Crippen LogP contribution is -2.45. The van der Waals surface area contributed by atoms with Crippen molar-refractivity contribution in [3.8, 4) is 16.5 Å². The molecule has 0 aliphatic carbocycles. The van der Waals surface area contributed by atoms with E-state index in [1.54, 1.807) is 35.5 Å². The first-order valence-electron chi connectivity index (χ1n) is 9.45. The van der Waals surface area contributed by atoms with E-state index in [2.05, 4.69) is 30.1 Å². The molecule has 3 aromatic rings. The lowest BCUT2D eigenvalue weighted by Gasteiger charge is -2.33. The van der Waals surface area contributed by atoms with Crippen molar-refractivity contribution < 1.29 is 4.39 Å². The Morgan fingerprint density at radius 1 is 1.17 bits per heavy atom. The van der Waals surface area contributed by atoms with Crippen LogP contribution in [-0.2, 0) is 0 Å². The quantitative estimate of drug-likeness (QED) is 0.365. The zero-order valence-electron chi connectivity index (χ0n) is 17.4. The van der Waals surface area contributed by atoms with Crippen LogP contribution < -0.4 is 10.7 Å². The largest absolute Gasteiger partial charge is 0.368 e. The summed E-state index contributed by atoms with van der Waals surface area (Å²) in [6.07, 6.45) is 0. The van der Waals surface area contributed by atoms with Crippen molar-refractivity contribution in [2.75, 3.05) is 26.2 Å². The van der Waals surface area contributed by atoms with Crippen molar-refractivity contribution in [3.63, 3.8) is 0 Å². The van der Waals surface area contributed by atoms with E-state index in [0.717, 1.165) is 21.7 Å². The van der Waals surface area contributed by atoms with E-state index < -0.39 is 5.82 Å². The van der Waals surface area contributed by atoms with Gasteiger partial charge in [-0.25, -0.2) is 4.39 Å². The lowest BCUT2D eigenvalue weighted by atomic mass is 9.97. The summed E-state index contributed by atoms with van der Waals surface area (Å²) in [7, 11) is 5.48. The van der Waals surface area contributed by atoms with Crippen LogP contribution in [0.2, 0.25) is 0 Å². The van der Waals surface area contributed by atoms with Crippen LogP contribution in [0.25, 0.3) is 10.4 Å². The van der Waals surface area contributed by atoms with E-state index in [0.29, 0.717) is 5.96 Å². The Bertz CT molecular complexity index is 1110. The van der Waals surface area contributed by atoms with Crippen molar-refractivity contribution in [1.82, 2.24) is 5.01 Å². The molecule has 0 spiro atoms. The zero-order chi connectivity index (χ0) is 21.8. The van der Waals surface area contributed by atoms with Crippen LogP contribution in [0.1, 0.15) is 28.8 Å². The molecule has 5 nitrogen and oxygen atoms in total. The number of benzene rings is 2. The summed E-state index contributed by atoms with van der Waals surface area (Å²) >= 11 is 1.64. The van der Waals surface area contributed by atoms with Crippen LogP contribution in [0.3, 0.4) is 0 Å². The highest BCUT2D eigenvalue weighted by atomic mass is 32.1. The fourth-order valence-electron chi connectivity index (χ4n) is 3.27. The van der Waals surface area contributed by atoms with Crippen molar-refractivity contribution in [3.05, 3.63) is 76.4 Å². The highest BCUT2D eigenvalue weighted by molar-refractivity contribution is 7.15. The Labute approximate surface area is 180 Å². The molecule has 1 heterocycles. The second-order valence-electron chi connectivity index (χ2n) is 6.92. The monoisotopic (exact) mass is 421 g/mol. The molecular formula is C23H24FN5S. The first-order chi connectivity index (χ1) is 14.4. The van der Waals surface area contributed by atoms with Gasteiger partial charge in [-0.3, -0.25) is 15.0 Å². The van der Waals surface area contributed by atoms with Crippen LogP contribution in [0, 0.1) is 17.1 Å². The van der Waals surface area contributed by atoms with Crippen LogP contribution in [-0.4, -0.2) is 32.1 Å². The zero-order valence-corrected chi connectivity index (χ0v) is 18.2. The third-order valence-electron chi connectivity index (χ3n) is 5.19. The van der Waals surface area contributed by atoms with Gasteiger partial charge in [0.05, 0.1) is 11.3 Å². The molecule has 7 heteroatoms. The summed E-state index contributed by atoms with van der Waals surface area (Å²) in [5.74, 6) is 0.0526. The van der Waals surface area contributed by atoms with Gasteiger partial charge >= 0.3 is 0 Å². The third kappa shape index (κ3) is 4.14. The van der Waals surface area contributed by atoms with Gasteiger partial charge in [-0.1, -0.05) is 31.2 Å². The number of hydrogen-bond donors (Lipinski definition) is 1. The number of hydrogen-bond acceptors (Lipinski definition) is 4. The number of halogens is 1. The van der Waals surface area contributed by atoms with Gasteiger partial charge in [0.15, 0.2) is 0 Å². The summed E-state index contributed by atoms with van der Waals surface area (Å²) in [4.78, 5) is 6.23. The van der Waals surface area contributed by atoms with Gasteiger partial charge in [-0.15, -0.1) is 11.3 Å². The summed E-state index contributed by atoms with van der Waals surface area (Å²) < 4.78 is 13.7. The topological polar surface area (TPSA) is 68.7 Å². The van der Waals surface area contributed by atoms with Gasteiger partial charge < -0.3 is 5.73 Å². The number of nitrogens with two attached hydrogens (primary N) is 1. The molecule has 0 saturated heterocycles. The number of nitrogens with zero attached hydrogens (tertiary/aromatic N) is 4. The molecule has 154 valence electrons.